The van der Waals surface area contributed by atoms with Crippen LogP contribution < -0.4 is 5.73 Å². The van der Waals surface area contributed by atoms with Crippen LogP contribution in [0.4, 0.5) is 4.39 Å². The Bertz CT molecular complexity index is 986. The highest BCUT2D eigenvalue weighted by Crippen LogP contribution is 2.26. The van der Waals surface area contributed by atoms with Crippen molar-refractivity contribution in [2.24, 2.45) is 5.73 Å². The average molecular weight is 354 g/mol. The van der Waals surface area contributed by atoms with Gasteiger partial charge in [0.2, 0.25) is 0 Å². The van der Waals surface area contributed by atoms with Gasteiger partial charge in [-0.1, -0.05) is 17.7 Å². The number of nitrogens with zero attached hydrogens (tertiary/aromatic N) is 2. The van der Waals surface area contributed by atoms with Crippen molar-refractivity contribution in [3.8, 4) is 0 Å². The zero-order valence-electron chi connectivity index (χ0n) is 11.9. The maximum atomic E-state index is 13.4. The minimum Gasteiger partial charge on any atom is -0.330 e. The molecule has 5 nitrogen and oxygen atoms in total. The number of hydrogen-bond donors (Lipinski definition) is 1. The van der Waals surface area contributed by atoms with Gasteiger partial charge in [0, 0.05) is 6.20 Å². The Labute approximate surface area is 137 Å². The second-order valence-electron chi connectivity index (χ2n) is 4.95. The van der Waals surface area contributed by atoms with E-state index in [0.717, 1.165) is 10.0 Å². The molecule has 0 atom stereocenters. The van der Waals surface area contributed by atoms with Crippen molar-refractivity contribution < 1.29 is 12.8 Å². The van der Waals surface area contributed by atoms with Crippen LogP contribution in [0.5, 0.6) is 0 Å². The molecule has 0 unspecified atom stereocenters. The number of pyridine rings is 1. The molecule has 0 saturated carbocycles. The van der Waals surface area contributed by atoms with Crippen LogP contribution in [-0.4, -0.2) is 23.9 Å². The Hall–Kier alpha value is -1.96. The maximum absolute atomic E-state index is 13.4. The van der Waals surface area contributed by atoms with Crippen molar-refractivity contribution in [3.05, 3.63) is 59.1 Å². The molecule has 1 aromatic carbocycles. The number of benzene rings is 1. The third kappa shape index (κ3) is 2.83. The lowest BCUT2D eigenvalue weighted by Gasteiger charge is -2.07. The van der Waals surface area contributed by atoms with Gasteiger partial charge in [-0.25, -0.2) is 21.8 Å². The fourth-order valence-corrected chi connectivity index (χ4v) is 3.95. The SMILES string of the molecule is NCCc1cn(S(=O)(=O)c2cccc(F)c2)c2ccc(Cl)nc12. The molecule has 2 heterocycles. The minimum absolute atomic E-state index is 0.136. The Balaban J connectivity index is 2.27. The minimum atomic E-state index is -3.95. The van der Waals surface area contributed by atoms with Crippen LogP contribution >= 0.6 is 11.6 Å². The van der Waals surface area contributed by atoms with Crippen LogP contribution in [0, 0.1) is 5.82 Å². The highest BCUT2D eigenvalue weighted by atomic mass is 35.5. The fourth-order valence-electron chi connectivity index (χ4n) is 2.39. The number of fused-ring (bicyclic) bond motifs is 1. The Kier molecular flexibility index (Phi) is 4.09. The largest absolute Gasteiger partial charge is 0.330 e. The van der Waals surface area contributed by atoms with Gasteiger partial charge < -0.3 is 5.73 Å². The van der Waals surface area contributed by atoms with E-state index in [4.69, 9.17) is 17.3 Å². The zero-order valence-corrected chi connectivity index (χ0v) is 13.5. The van der Waals surface area contributed by atoms with Gasteiger partial charge in [0.05, 0.1) is 15.9 Å². The van der Waals surface area contributed by atoms with E-state index in [1.165, 1.54) is 30.5 Å². The van der Waals surface area contributed by atoms with E-state index in [1.807, 2.05) is 0 Å². The molecule has 0 spiro atoms. The van der Waals surface area contributed by atoms with Crippen molar-refractivity contribution in [1.82, 2.24) is 8.96 Å². The summed E-state index contributed by atoms with van der Waals surface area (Å²) in [6, 6.07) is 7.94. The van der Waals surface area contributed by atoms with Crippen LogP contribution in [0.3, 0.4) is 0 Å². The van der Waals surface area contributed by atoms with E-state index in [1.54, 1.807) is 6.07 Å². The topological polar surface area (TPSA) is 78.0 Å². The summed E-state index contributed by atoms with van der Waals surface area (Å²) in [6.07, 6.45) is 1.91. The lowest BCUT2D eigenvalue weighted by Crippen LogP contribution is -2.12. The van der Waals surface area contributed by atoms with E-state index >= 15 is 0 Å². The first-order valence-electron chi connectivity index (χ1n) is 6.81. The average Bonchev–Trinajstić information content (AvgIpc) is 2.86. The van der Waals surface area contributed by atoms with Gasteiger partial charge in [0.1, 0.15) is 11.0 Å². The molecule has 0 aliphatic carbocycles. The molecule has 120 valence electrons. The van der Waals surface area contributed by atoms with Gasteiger partial charge in [0.15, 0.2) is 0 Å². The van der Waals surface area contributed by atoms with Crippen molar-refractivity contribution >= 4 is 32.7 Å². The number of rotatable bonds is 4. The highest BCUT2D eigenvalue weighted by Gasteiger charge is 2.22. The molecule has 2 N–H and O–H groups in total. The molecule has 3 rings (SSSR count). The molecular formula is C15H13ClFN3O2S. The van der Waals surface area contributed by atoms with E-state index < -0.39 is 15.8 Å². The lowest BCUT2D eigenvalue weighted by molar-refractivity contribution is 0.584. The summed E-state index contributed by atoms with van der Waals surface area (Å²) in [5.41, 5.74) is 7.09. The molecule has 8 heteroatoms. The normalized spacial score (nSPS) is 12.0. The third-order valence-corrected chi connectivity index (χ3v) is 5.30. The number of hydrogen-bond acceptors (Lipinski definition) is 4. The zero-order chi connectivity index (χ0) is 16.6. The number of nitrogens with two attached hydrogens (primary N) is 1. The first-order valence-corrected chi connectivity index (χ1v) is 8.63. The van der Waals surface area contributed by atoms with Gasteiger partial charge >= 0.3 is 0 Å². The first kappa shape index (κ1) is 15.9. The van der Waals surface area contributed by atoms with Gasteiger partial charge in [-0.2, -0.15) is 0 Å². The van der Waals surface area contributed by atoms with E-state index in [9.17, 15) is 12.8 Å². The molecule has 0 radical (unpaired) electrons. The fraction of sp³-hybridized carbons (Fsp3) is 0.133. The Morgan fingerprint density at radius 3 is 2.74 bits per heavy atom. The predicted molar refractivity (Wildman–Crippen MR) is 86.5 cm³/mol. The Morgan fingerprint density at radius 1 is 1.26 bits per heavy atom. The van der Waals surface area contributed by atoms with Crippen molar-refractivity contribution in [1.29, 1.82) is 0 Å². The second kappa shape index (κ2) is 5.92. The third-order valence-electron chi connectivity index (χ3n) is 3.42. The second-order valence-corrected chi connectivity index (χ2v) is 7.16. The van der Waals surface area contributed by atoms with Crippen LogP contribution in [-0.2, 0) is 16.4 Å². The monoisotopic (exact) mass is 353 g/mol. The molecule has 3 aromatic rings. The summed E-state index contributed by atoms with van der Waals surface area (Å²) >= 11 is 5.90. The Morgan fingerprint density at radius 2 is 2.04 bits per heavy atom. The van der Waals surface area contributed by atoms with Gasteiger partial charge in [-0.15, -0.1) is 0 Å². The van der Waals surface area contributed by atoms with E-state index in [-0.39, 0.29) is 10.0 Å². The van der Waals surface area contributed by atoms with Crippen molar-refractivity contribution in [2.45, 2.75) is 11.3 Å². The molecular weight excluding hydrogens is 341 g/mol. The standard InChI is InChI=1S/C15H13ClFN3O2S/c16-14-5-4-13-15(19-14)10(6-7-18)9-20(13)23(21,22)12-3-1-2-11(17)8-12/h1-5,8-9H,6-7,18H2. The predicted octanol–water partition coefficient (Wildman–Crippen LogP) is 2.57. The molecule has 0 aliphatic rings. The van der Waals surface area contributed by atoms with Gasteiger partial charge in [-0.3, -0.25) is 0 Å². The van der Waals surface area contributed by atoms with Crippen LogP contribution in [0.2, 0.25) is 5.15 Å². The molecule has 23 heavy (non-hydrogen) atoms. The van der Waals surface area contributed by atoms with Crippen LogP contribution in [0.15, 0.2) is 47.5 Å². The van der Waals surface area contributed by atoms with E-state index in [2.05, 4.69) is 4.98 Å². The lowest BCUT2D eigenvalue weighted by atomic mass is 10.2. The van der Waals surface area contributed by atoms with Crippen molar-refractivity contribution in [3.63, 3.8) is 0 Å². The molecule has 2 aromatic heterocycles. The van der Waals surface area contributed by atoms with Crippen LogP contribution in [0.25, 0.3) is 11.0 Å². The number of halogens is 2. The van der Waals surface area contributed by atoms with Crippen molar-refractivity contribution in [2.75, 3.05) is 6.54 Å². The smallest absolute Gasteiger partial charge is 0.268 e. The molecule has 0 fully saturated rings. The highest BCUT2D eigenvalue weighted by molar-refractivity contribution is 7.90. The number of aromatic nitrogens is 2. The molecule has 0 amide bonds. The molecule has 0 bridgehead atoms. The first-order chi connectivity index (χ1) is 10.9. The summed E-state index contributed by atoms with van der Waals surface area (Å²) in [5.74, 6) is -0.620. The van der Waals surface area contributed by atoms with E-state index in [0.29, 0.717) is 29.6 Å². The van der Waals surface area contributed by atoms with Gasteiger partial charge in [0.25, 0.3) is 10.0 Å². The quantitative estimate of drug-likeness (QED) is 0.731. The molecule has 0 saturated heterocycles. The summed E-state index contributed by atoms with van der Waals surface area (Å²) < 4.78 is 40.1. The van der Waals surface area contributed by atoms with Gasteiger partial charge in [-0.05, 0) is 48.9 Å². The summed E-state index contributed by atoms with van der Waals surface area (Å²) in [6.45, 7) is 0.341. The molecule has 0 aliphatic heterocycles. The summed E-state index contributed by atoms with van der Waals surface area (Å²) in [7, 11) is -3.95. The summed E-state index contributed by atoms with van der Waals surface area (Å²) in [4.78, 5) is 4.05. The maximum Gasteiger partial charge on any atom is 0.268 e. The summed E-state index contributed by atoms with van der Waals surface area (Å²) in [5, 5.41) is 0.261. The van der Waals surface area contributed by atoms with Crippen LogP contribution in [0.1, 0.15) is 5.56 Å².